The summed E-state index contributed by atoms with van der Waals surface area (Å²) in [5.74, 6) is -1.25. The third-order valence-corrected chi connectivity index (χ3v) is 4.24. The van der Waals surface area contributed by atoms with Crippen LogP contribution >= 0.6 is 0 Å². The van der Waals surface area contributed by atoms with Gasteiger partial charge in [-0.2, -0.15) is 0 Å². The first-order chi connectivity index (χ1) is 13.4. The van der Waals surface area contributed by atoms with Gasteiger partial charge in [-0.05, 0) is 47.5 Å². The highest BCUT2D eigenvalue weighted by molar-refractivity contribution is 5.82. The third-order valence-electron chi connectivity index (χ3n) is 4.24. The first-order valence-corrected chi connectivity index (χ1v) is 9.70. The zero-order valence-electron chi connectivity index (χ0n) is 18.4. The number of rotatable bonds is 9. The molecule has 2 unspecified atom stereocenters. The molecule has 9 nitrogen and oxygen atoms in total. The van der Waals surface area contributed by atoms with Crippen LogP contribution in [0.4, 0.5) is 4.79 Å². The highest BCUT2D eigenvalue weighted by atomic mass is 16.6. The van der Waals surface area contributed by atoms with E-state index in [0.29, 0.717) is 12.8 Å². The molecule has 0 aliphatic heterocycles. The van der Waals surface area contributed by atoms with Gasteiger partial charge in [-0.25, -0.2) is 14.8 Å². The van der Waals surface area contributed by atoms with E-state index in [-0.39, 0.29) is 12.5 Å². The Kier molecular flexibility index (Phi) is 8.81. The lowest BCUT2D eigenvalue weighted by molar-refractivity contribution is -0.163. The zero-order chi connectivity index (χ0) is 22.2. The Morgan fingerprint density at radius 2 is 1.97 bits per heavy atom. The lowest BCUT2D eigenvalue weighted by atomic mass is 9.87. The van der Waals surface area contributed by atoms with E-state index in [9.17, 15) is 14.7 Å². The van der Waals surface area contributed by atoms with Gasteiger partial charge in [0.25, 0.3) is 0 Å². The van der Waals surface area contributed by atoms with E-state index < -0.39 is 29.3 Å². The number of hydrogen-bond acceptors (Lipinski definition) is 7. The molecule has 2 atom stereocenters. The predicted molar refractivity (Wildman–Crippen MR) is 109 cm³/mol. The van der Waals surface area contributed by atoms with Gasteiger partial charge >= 0.3 is 12.1 Å². The van der Waals surface area contributed by atoms with Gasteiger partial charge in [-0.3, -0.25) is 10.1 Å². The number of amides is 1. The average Bonchev–Trinajstić information content (AvgIpc) is 2.97. The van der Waals surface area contributed by atoms with Crippen molar-refractivity contribution in [3.05, 3.63) is 18.2 Å². The summed E-state index contributed by atoms with van der Waals surface area (Å²) < 4.78 is 12.5. The first-order valence-electron chi connectivity index (χ1n) is 9.70. The normalized spacial score (nSPS) is 14.5. The molecule has 164 valence electrons. The maximum Gasteiger partial charge on any atom is 0.412 e. The molecule has 1 aromatic rings. The number of aromatic nitrogens is 2. The molecule has 2 N–H and O–H groups in total. The molecule has 0 aromatic carbocycles. The number of carbonyl (C=O) groups is 2. The van der Waals surface area contributed by atoms with Crippen molar-refractivity contribution in [3.63, 3.8) is 0 Å². The molecule has 0 fully saturated rings. The highest BCUT2D eigenvalue weighted by Crippen LogP contribution is 2.24. The minimum absolute atomic E-state index is 0.150. The second kappa shape index (κ2) is 10.4. The van der Waals surface area contributed by atoms with Gasteiger partial charge in [0.15, 0.2) is 5.72 Å². The van der Waals surface area contributed by atoms with Crippen molar-refractivity contribution in [1.29, 1.82) is 0 Å². The summed E-state index contributed by atoms with van der Waals surface area (Å²) >= 11 is 0. The summed E-state index contributed by atoms with van der Waals surface area (Å²) in [6.07, 6.45) is 4.92. The van der Waals surface area contributed by atoms with E-state index in [0.717, 1.165) is 12.0 Å². The Hall–Kier alpha value is -2.42. The highest BCUT2D eigenvalue weighted by Gasteiger charge is 2.32. The van der Waals surface area contributed by atoms with Crippen molar-refractivity contribution in [1.82, 2.24) is 14.9 Å². The van der Waals surface area contributed by atoms with Crippen molar-refractivity contribution in [2.45, 2.75) is 65.7 Å². The SMILES string of the molecule is CCC(C(=O)OC(C)(C)/N=C\NC(=O)OC(C)(C)C)C(CO)Cc1cncn1C. The van der Waals surface area contributed by atoms with Gasteiger partial charge in [0, 0.05) is 31.5 Å². The molecule has 0 saturated heterocycles. The fraction of sp³-hybridized carbons (Fsp3) is 0.700. The molecule has 9 heteroatoms. The summed E-state index contributed by atoms with van der Waals surface area (Å²) in [5, 5.41) is 12.2. The van der Waals surface area contributed by atoms with Crippen LogP contribution in [-0.2, 0) is 27.7 Å². The van der Waals surface area contributed by atoms with E-state index >= 15 is 0 Å². The van der Waals surface area contributed by atoms with Crippen molar-refractivity contribution < 1.29 is 24.2 Å². The molecular weight excluding hydrogens is 376 g/mol. The Balaban J connectivity index is 2.72. The second-order valence-corrected chi connectivity index (χ2v) is 8.43. The molecule has 1 amide bonds. The van der Waals surface area contributed by atoms with Gasteiger partial charge in [0.1, 0.15) is 5.60 Å². The zero-order valence-corrected chi connectivity index (χ0v) is 18.4. The minimum atomic E-state index is -1.19. The maximum atomic E-state index is 12.7. The van der Waals surface area contributed by atoms with Gasteiger partial charge in [0.05, 0.1) is 18.6 Å². The molecule has 1 aromatic heterocycles. The summed E-state index contributed by atoms with van der Waals surface area (Å²) in [6, 6.07) is 0. The van der Waals surface area contributed by atoms with Gasteiger partial charge in [-0.1, -0.05) is 6.92 Å². The summed E-state index contributed by atoms with van der Waals surface area (Å²) in [5.41, 5.74) is -0.887. The third kappa shape index (κ3) is 8.64. The van der Waals surface area contributed by atoms with Crippen LogP contribution < -0.4 is 5.32 Å². The molecule has 0 spiro atoms. The monoisotopic (exact) mass is 410 g/mol. The van der Waals surface area contributed by atoms with Crippen molar-refractivity contribution in [3.8, 4) is 0 Å². The predicted octanol–water partition coefficient (Wildman–Crippen LogP) is 2.43. The van der Waals surface area contributed by atoms with Crippen LogP contribution in [-0.4, -0.2) is 51.0 Å². The number of aliphatic imine (C=N–C) groups is 1. The number of hydrogen-bond donors (Lipinski definition) is 2. The molecule has 0 saturated carbocycles. The molecule has 0 aliphatic rings. The standard InChI is InChI=1S/C20H34N4O5/c1-8-16(14(11-25)9-15-10-21-13-24(15)7)17(26)28-20(5,6)23-12-22-18(27)29-19(2,3)4/h10,12-14,16,25H,8-9,11H2,1-7H3,(H,22,23,27). The van der Waals surface area contributed by atoms with Crippen LogP contribution in [0.25, 0.3) is 0 Å². The molecule has 0 bridgehead atoms. The van der Waals surface area contributed by atoms with Crippen LogP contribution in [0.5, 0.6) is 0 Å². The van der Waals surface area contributed by atoms with Crippen molar-refractivity contribution >= 4 is 18.4 Å². The number of carbonyl (C=O) groups excluding carboxylic acids is 2. The Bertz CT molecular complexity index is 706. The summed E-state index contributed by atoms with van der Waals surface area (Å²) in [4.78, 5) is 32.6. The number of imidazole rings is 1. The van der Waals surface area contributed by atoms with E-state index in [1.165, 1.54) is 0 Å². The van der Waals surface area contributed by atoms with Gasteiger partial charge < -0.3 is 19.1 Å². The second-order valence-electron chi connectivity index (χ2n) is 8.43. The number of nitrogens with one attached hydrogen (secondary N) is 1. The lowest BCUT2D eigenvalue weighted by Crippen LogP contribution is -2.36. The van der Waals surface area contributed by atoms with Crippen LogP contribution in [0.2, 0.25) is 0 Å². The molecule has 29 heavy (non-hydrogen) atoms. The van der Waals surface area contributed by atoms with E-state index in [1.807, 2.05) is 18.5 Å². The Morgan fingerprint density at radius 1 is 1.31 bits per heavy atom. The van der Waals surface area contributed by atoms with E-state index in [1.54, 1.807) is 47.1 Å². The topological polar surface area (TPSA) is 115 Å². The van der Waals surface area contributed by atoms with Crippen LogP contribution in [0, 0.1) is 11.8 Å². The van der Waals surface area contributed by atoms with Crippen LogP contribution in [0.15, 0.2) is 17.5 Å². The lowest BCUT2D eigenvalue weighted by Gasteiger charge is -2.27. The fourth-order valence-corrected chi connectivity index (χ4v) is 2.77. The fourth-order valence-electron chi connectivity index (χ4n) is 2.77. The maximum absolute atomic E-state index is 12.7. The number of aryl methyl sites for hydroxylation is 1. The van der Waals surface area contributed by atoms with Crippen molar-refractivity contribution in [2.24, 2.45) is 23.9 Å². The molecule has 0 aliphatic carbocycles. The number of aliphatic hydroxyl groups excluding tert-OH is 1. The number of esters is 1. The summed E-state index contributed by atoms with van der Waals surface area (Å²) in [6.45, 7) is 10.2. The minimum Gasteiger partial charge on any atom is -0.444 e. The quantitative estimate of drug-likeness (QED) is 0.367. The summed E-state index contributed by atoms with van der Waals surface area (Å²) in [7, 11) is 1.87. The Labute approximate surface area is 172 Å². The van der Waals surface area contributed by atoms with E-state index in [4.69, 9.17) is 9.47 Å². The smallest absolute Gasteiger partial charge is 0.412 e. The molecule has 0 radical (unpaired) electrons. The van der Waals surface area contributed by atoms with Crippen LogP contribution in [0.1, 0.15) is 53.7 Å². The van der Waals surface area contributed by atoms with Gasteiger partial charge in [0.2, 0.25) is 0 Å². The first kappa shape index (κ1) is 24.6. The molecule has 1 heterocycles. The average molecular weight is 411 g/mol. The number of alkyl carbamates (subject to hydrolysis) is 1. The number of nitrogens with zero attached hydrogens (tertiary/aromatic N) is 3. The van der Waals surface area contributed by atoms with Crippen molar-refractivity contribution in [2.75, 3.05) is 6.61 Å². The molecular formula is C20H34N4O5. The molecule has 1 rings (SSSR count). The van der Waals surface area contributed by atoms with Crippen LogP contribution in [0.3, 0.4) is 0 Å². The largest absolute Gasteiger partial charge is 0.444 e. The van der Waals surface area contributed by atoms with E-state index in [2.05, 4.69) is 15.3 Å². The number of ether oxygens (including phenoxy) is 2. The number of aliphatic hydroxyl groups is 1. The Morgan fingerprint density at radius 3 is 2.45 bits per heavy atom. The van der Waals surface area contributed by atoms with Gasteiger partial charge in [-0.15, -0.1) is 0 Å².